The van der Waals surface area contributed by atoms with Crippen molar-refractivity contribution in [2.75, 3.05) is 26.1 Å². The zero-order valence-electron chi connectivity index (χ0n) is 13.1. The number of aliphatic hydroxyl groups is 1. The van der Waals surface area contributed by atoms with Crippen molar-refractivity contribution in [1.82, 2.24) is 9.55 Å². The predicted molar refractivity (Wildman–Crippen MR) is 78.5 cm³/mol. The number of anilines is 1. The molecule has 0 aliphatic carbocycles. The molecule has 4 N–H and O–H groups in total. The third kappa shape index (κ3) is 2.47. The Kier molecular flexibility index (Phi) is 4.00. The van der Waals surface area contributed by atoms with Gasteiger partial charge in [0.2, 0.25) is 0 Å². The maximum absolute atomic E-state index is 15.1. The van der Waals surface area contributed by atoms with Crippen LogP contribution >= 0.6 is 0 Å². The first-order chi connectivity index (χ1) is 10.9. The number of nitrogens with two attached hydrogens (primary N) is 1. The van der Waals surface area contributed by atoms with E-state index < -0.39 is 30.3 Å². The van der Waals surface area contributed by atoms with Gasteiger partial charge in [-0.1, -0.05) is 0 Å². The molecule has 1 saturated heterocycles. The molecule has 9 nitrogen and oxygen atoms in total. The van der Waals surface area contributed by atoms with Crippen molar-refractivity contribution >= 4 is 11.8 Å². The minimum Gasteiger partial charge on any atom is -0.387 e. The van der Waals surface area contributed by atoms with Crippen LogP contribution in [-0.4, -0.2) is 59.3 Å². The molecule has 1 fully saturated rings. The molecule has 10 heteroatoms. The minimum atomic E-state index is -2.04. The molecule has 2 aliphatic heterocycles. The van der Waals surface area contributed by atoms with Gasteiger partial charge >= 0.3 is 0 Å². The van der Waals surface area contributed by atoms with Crippen molar-refractivity contribution in [2.45, 2.75) is 37.3 Å². The molecule has 5 atom stereocenters. The normalized spacial score (nSPS) is 36.5. The fourth-order valence-corrected chi connectivity index (χ4v) is 2.88. The highest BCUT2D eigenvalue weighted by molar-refractivity contribution is 5.93. The lowest BCUT2D eigenvalue weighted by Gasteiger charge is -2.27. The summed E-state index contributed by atoms with van der Waals surface area (Å²) in [6.07, 6.45) is -2.49. The molecular formula is C13H20FN5O4. The number of guanidine groups is 1. The first-order valence-corrected chi connectivity index (χ1v) is 7.11. The molecule has 1 aromatic rings. The molecule has 0 saturated carbocycles. The highest BCUT2D eigenvalue weighted by Crippen LogP contribution is 2.44. The fourth-order valence-electron chi connectivity index (χ4n) is 2.88. The van der Waals surface area contributed by atoms with Crippen LogP contribution in [0.25, 0.3) is 0 Å². The number of aromatic nitrogens is 2. The summed E-state index contributed by atoms with van der Waals surface area (Å²) in [6.45, 7) is 1.35. The largest absolute Gasteiger partial charge is 0.387 e. The fraction of sp³-hybridized carbons (Fsp3) is 0.692. The number of ether oxygens (including phenoxy) is 3. The number of alkyl halides is 1. The van der Waals surface area contributed by atoms with E-state index in [0.29, 0.717) is 11.5 Å². The number of fused-ring (bicyclic) bond motifs is 1. The van der Waals surface area contributed by atoms with E-state index in [1.54, 1.807) is 0 Å². The summed E-state index contributed by atoms with van der Waals surface area (Å²) in [5, 5.41) is 13.0. The number of hydrogen-bond donors (Lipinski definition) is 3. The van der Waals surface area contributed by atoms with Gasteiger partial charge in [-0.3, -0.25) is 4.57 Å². The van der Waals surface area contributed by atoms with E-state index in [9.17, 15) is 5.11 Å². The second kappa shape index (κ2) is 5.71. The Morgan fingerprint density at radius 3 is 2.96 bits per heavy atom. The minimum absolute atomic E-state index is 0.0752. The van der Waals surface area contributed by atoms with Crippen LogP contribution in [0.3, 0.4) is 0 Å². The molecule has 3 rings (SSSR count). The molecule has 1 aromatic heterocycles. The molecule has 0 bridgehead atoms. The second-order valence-electron chi connectivity index (χ2n) is 5.69. The number of nitrogens with zero attached hydrogens (tertiary/aromatic N) is 3. The van der Waals surface area contributed by atoms with Gasteiger partial charge in [-0.2, -0.15) is 0 Å². The predicted octanol–water partition coefficient (Wildman–Crippen LogP) is -0.0988. The average molecular weight is 329 g/mol. The first kappa shape index (κ1) is 16.1. The number of aliphatic hydroxyl groups excluding tert-OH is 1. The van der Waals surface area contributed by atoms with Gasteiger partial charge in [-0.05, 0) is 6.92 Å². The Bertz CT molecular complexity index is 620. The van der Waals surface area contributed by atoms with E-state index >= 15 is 4.39 Å². The number of nitrogens with one attached hydrogen (secondary N) is 1. The SMILES string of the molecule is COC[C@H]1O[C@@H](n2cnc3c2NC(N)=NC3OC)[C@](C)(F)[C@@H]1O. The molecular weight excluding hydrogens is 309 g/mol. The van der Waals surface area contributed by atoms with Gasteiger partial charge in [0.15, 0.2) is 24.1 Å². The van der Waals surface area contributed by atoms with Gasteiger partial charge in [0.25, 0.3) is 0 Å². The van der Waals surface area contributed by atoms with Crippen LogP contribution in [0, 0.1) is 0 Å². The van der Waals surface area contributed by atoms with Gasteiger partial charge < -0.3 is 30.4 Å². The van der Waals surface area contributed by atoms with Crippen LogP contribution in [0.5, 0.6) is 0 Å². The smallest absolute Gasteiger partial charge is 0.198 e. The lowest BCUT2D eigenvalue weighted by molar-refractivity contribution is -0.0629. The Balaban J connectivity index is 1.96. The standard InChI is InChI=1S/C13H20FN5O4/c1-13(14)8(20)6(4-21-2)23-11(13)19-5-16-7-9(19)17-12(15)18-10(7)22-3/h5-6,8,10-11,20H,4H2,1-3H3,(H3,15,17,18)/t6-,8-,10?,11-,13-/m1/s1. The van der Waals surface area contributed by atoms with Gasteiger partial charge in [-0.15, -0.1) is 0 Å². The summed E-state index contributed by atoms with van der Waals surface area (Å²) in [6, 6.07) is 0. The average Bonchev–Trinajstić information content (AvgIpc) is 3.01. The molecule has 1 unspecified atom stereocenters. The zero-order chi connectivity index (χ0) is 16.8. The quantitative estimate of drug-likeness (QED) is 0.706. The van der Waals surface area contributed by atoms with Gasteiger partial charge in [0, 0.05) is 14.2 Å². The van der Waals surface area contributed by atoms with Gasteiger partial charge in [0.05, 0.1) is 12.9 Å². The summed E-state index contributed by atoms with van der Waals surface area (Å²) in [4.78, 5) is 8.26. The van der Waals surface area contributed by atoms with Gasteiger partial charge in [0.1, 0.15) is 23.7 Å². The van der Waals surface area contributed by atoms with Crippen molar-refractivity contribution in [1.29, 1.82) is 0 Å². The van der Waals surface area contributed by atoms with E-state index in [0.717, 1.165) is 0 Å². The van der Waals surface area contributed by atoms with Crippen molar-refractivity contribution in [2.24, 2.45) is 10.7 Å². The molecule has 0 aromatic carbocycles. The number of aliphatic imine (C=N–C) groups is 1. The van der Waals surface area contributed by atoms with Crippen LogP contribution in [-0.2, 0) is 14.2 Å². The van der Waals surface area contributed by atoms with Crippen LogP contribution < -0.4 is 11.1 Å². The van der Waals surface area contributed by atoms with E-state index in [2.05, 4.69) is 15.3 Å². The van der Waals surface area contributed by atoms with Crippen molar-refractivity contribution in [3.05, 3.63) is 12.0 Å². The molecule has 0 amide bonds. The molecule has 128 valence electrons. The highest BCUT2D eigenvalue weighted by atomic mass is 19.1. The zero-order valence-corrected chi connectivity index (χ0v) is 13.1. The van der Waals surface area contributed by atoms with Crippen LogP contribution in [0.2, 0.25) is 0 Å². The summed E-state index contributed by atoms with van der Waals surface area (Å²) >= 11 is 0. The molecule has 3 heterocycles. The maximum Gasteiger partial charge on any atom is 0.198 e. The Labute approximate surface area is 132 Å². The number of rotatable bonds is 4. The summed E-state index contributed by atoms with van der Waals surface area (Å²) in [7, 11) is 2.93. The number of halogens is 1. The van der Waals surface area contributed by atoms with Crippen LogP contribution in [0.15, 0.2) is 11.3 Å². The second-order valence-corrected chi connectivity index (χ2v) is 5.69. The maximum atomic E-state index is 15.1. The Morgan fingerprint density at radius 1 is 1.57 bits per heavy atom. The van der Waals surface area contributed by atoms with Crippen LogP contribution in [0.4, 0.5) is 10.2 Å². The molecule has 0 radical (unpaired) electrons. The Morgan fingerprint density at radius 2 is 2.30 bits per heavy atom. The topological polar surface area (TPSA) is 116 Å². The highest BCUT2D eigenvalue weighted by Gasteiger charge is 2.55. The summed E-state index contributed by atoms with van der Waals surface area (Å²) < 4.78 is 32.3. The number of methoxy groups -OCH3 is 2. The monoisotopic (exact) mass is 329 g/mol. The molecule has 0 spiro atoms. The van der Waals surface area contributed by atoms with Gasteiger partial charge in [-0.25, -0.2) is 14.4 Å². The lowest BCUT2D eigenvalue weighted by Crippen LogP contribution is -2.41. The molecule has 23 heavy (non-hydrogen) atoms. The summed E-state index contributed by atoms with van der Waals surface area (Å²) in [5.74, 6) is 0.544. The van der Waals surface area contributed by atoms with Crippen LogP contribution in [0.1, 0.15) is 25.1 Å². The first-order valence-electron chi connectivity index (χ1n) is 7.11. The van der Waals surface area contributed by atoms with E-state index in [-0.39, 0.29) is 12.6 Å². The van der Waals surface area contributed by atoms with Crippen molar-refractivity contribution < 1.29 is 23.7 Å². The number of hydrogen-bond acceptors (Lipinski definition) is 8. The molecule has 2 aliphatic rings. The number of imidazole rings is 1. The Hall–Kier alpha value is -1.75. The summed E-state index contributed by atoms with van der Waals surface area (Å²) in [5.41, 5.74) is 4.15. The van der Waals surface area contributed by atoms with E-state index in [1.165, 1.54) is 32.0 Å². The lowest BCUT2D eigenvalue weighted by atomic mass is 9.98. The van der Waals surface area contributed by atoms with Crippen molar-refractivity contribution in [3.8, 4) is 0 Å². The third-order valence-corrected chi connectivity index (χ3v) is 4.08. The third-order valence-electron chi connectivity index (χ3n) is 4.08. The van der Waals surface area contributed by atoms with E-state index in [4.69, 9.17) is 19.9 Å². The van der Waals surface area contributed by atoms with Crippen molar-refractivity contribution in [3.63, 3.8) is 0 Å². The van der Waals surface area contributed by atoms with E-state index in [1.807, 2.05) is 0 Å².